The van der Waals surface area contributed by atoms with Crippen molar-refractivity contribution in [1.82, 2.24) is 14.9 Å². The van der Waals surface area contributed by atoms with Crippen molar-refractivity contribution in [3.8, 4) is 0 Å². The number of rotatable bonds is 9. The lowest BCUT2D eigenvalue weighted by molar-refractivity contribution is 0.0778. The highest BCUT2D eigenvalue weighted by molar-refractivity contribution is 7.91. The van der Waals surface area contributed by atoms with E-state index in [0.717, 1.165) is 22.9 Å². The lowest BCUT2D eigenvalue weighted by Crippen LogP contribution is -2.27. The lowest BCUT2D eigenvalue weighted by atomic mass is 10.1. The summed E-state index contributed by atoms with van der Waals surface area (Å²) in [6.45, 7) is 2.18. The normalized spacial score (nSPS) is 11.6. The van der Waals surface area contributed by atoms with Crippen LogP contribution >= 0.6 is 23.2 Å². The Balaban J connectivity index is 1.80. The van der Waals surface area contributed by atoms with Crippen molar-refractivity contribution >= 4 is 55.8 Å². The number of nitrogens with one attached hydrogen (secondary N) is 1. The Labute approximate surface area is 230 Å². The molecule has 4 rings (SSSR count). The molecule has 3 N–H and O–H groups in total. The minimum absolute atomic E-state index is 0.00362. The molecule has 0 bridgehead atoms. The first-order chi connectivity index (χ1) is 18.0. The molecule has 2 amide bonds. The van der Waals surface area contributed by atoms with Crippen LogP contribution in [0.3, 0.4) is 0 Å². The molecular weight excluding hydrogens is 547 g/mol. The quantitative estimate of drug-likeness (QED) is 0.277. The van der Waals surface area contributed by atoms with Crippen molar-refractivity contribution in [2.45, 2.75) is 42.5 Å². The van der Waals surface area contributed by atoms with Gasteiger partial charge in [0.2, 0.25) is 9.84 Å². The fourth-order valence-corrected chi connectivity index (χ4v) is 6.73. The van der Waals surface area contributed by atoms with Gasteiger partial charge in [0, 0.05) is 40.8 Å². The second-order valence-electron chi connectivity index (χ2n) is 8.95. The number of nitrogens with two attached hydrogens (primary N) is 1. The SMILES string of the molecule is CCCCc1c(C(=O)N(C)Cc2ccc3ncccc3c2)[nH]c(C(N)=O)c1S(=O)(=O)c1cc(Cl)cc(Cl)c1. The van der Waals surface area contributed by atoms with E-state index in [9.17, 15) is 18.0 Å². The summed E-state index contributed by atoms with van der Waals surface area (Å²) < 4.78 is 27.6. The Kier molecular flexibility index (Phi) is 8.10. The molecule has 4 aromatic rings. The number of nitrogens with zero attached hydrogens (tertiary/aromatic N) is 2. The van der Waals surface area contributed by atoms with E-state index in [1.54, 1.807) is 13.2 Å². The molecule has 2 aromatic carbocycles. The summed E-state index contributed by atoms with van der Waals surface area (Å²) in [5.74, 6) is -1.48. The molecule has 38 heavy (non-hydrogen) atoms. The molecule has 0 fully saturated rings. The van der Waals surface area contributed by atoms with Gasteiger partial charge in [-0.05, 0) is 54.8 Å². The number of aromatic amines is 1. The Morgan fingerprint density at radius 1 is 1.05 bits per heavy atom. The van der Waals surface area contributed by atoms with Gasteiger partial charge in [-0.15, -0.1) is 0 Å². The third-order valence-corrected chi connectivity index (χ3v) is 8.42. The maximum Gasteiger partial charge on any atom is 0.270 e. The second kappa shape index (κ2) is 11.1. The van der Waals surface area contributed by atoms with Crippen molar-refractivity contribution < 1.29 is 18.0 Å². The molecule has 0 spiro atoms. The van der Waals surface area contributed by atoms with Gasteiger partial charge in [0.25, 0.3) is 11.8 Å². The summed E-state index contributed by atoms with van der Waals surface area (Å²) >= 11 is 12.1. The number of pyridine rings is 1. The third kappa shape index (κ3) is 5.55. The minimum Gasteiger partial charge on any atom is -0.364 e. The van der Waals surface area contributed by atoms with Crippen LogP contribution in [-0.4, -0.2) is 42.1 Å². The van der Waals surface area contributed by atoms with E-state index in [1.165, 1.54) is 23.1 Å². The number of fused-ring (bicyclic) bond motifs is 1. The standard InChI is InChI=1S/C27H26Cl2N4O4S/c1-3-4-7-21-23(27(35)33(2)15-16-8-9-22-17(11-16)6-5-10-31-22)32-24(26(30)34)25(21)38(36,37)20-13-18(28)12-19(29)14-20/h5-6,8-14,32H,3-4,7,15H2,1-2H3,(H2,30,34). The summed E-state index contributed by atoms with van der Waals surface area (Å²) in [6.07, 6.45) is 3.25. The number of hydrogen-bond donors (Lipinski definition) is 2. The van der Waals surface area contributed by atoms with Crippen molar-refractivity contribution in [1.29, 1.82) is 0 Å². The van der Waals surface area contributed by atoms with Gasteiger partial charge in [-0.1, -0.05) is 48.7 Å². The van der Waals surface area contributed by atoms with Crippen molar-refractivity contribution in [3.05, 3.63) is 87.3 Å². The van der Waals surface area contributed by atoms with Gasteiger partial charge < -0.3 is 15.6 Å². The third-order valence-electron chi connectivity index (χ3n) is 6.14. The van der Waals surface area contributed by atoms with Gasteiger partial charge in [0.15, 0.2) is 0 Å². The van der Waals surface area contributed by atoms with Crippen LogP contribution in [0.25, 0.3) is 10.9 Å². The maximum atomic E-state index is 13.8. The number of unbranched alkanes of at least 4 members (excludes halogenated alkanes) is 1. The zero-order valence-corrected chi connectivity index (χ0v) is 23.1. The largest absolute Gasteiger partial charge is 0.364 e. The maximum absolute atomic E-state index is 13.8. The number of aromatic nitrogens is 2. The van der Waals surface area contributed by atoms with Gasteiger partial charge in [0.05, 0.1) is 10.4 Å². The number of H-pyrrole nitrogens is 1. The number of carbonyl (C=O) groups is 2. The van der Waals surface area contributed by atoms with Crippen LogP contribution in [0.5, 0.6) is 0 Å². The Hall–Kier alpha value is -3.40. The van der Waals surface area contributed by atoms with Crippen LogP contribution in [0.4, 0.5) is 0 Å². The Morgan fingerprint density at radius 2 is 1.76 bits per heavy atom. The number of benzene rings is 2. The number of carbonyl (C=O) groups excluding carboxylic acids is 2. The number of halogens is 2. The highest BCUT2D eigenvalue weighted by atomic mass is 35.5. The Bertz CT molecular complexity index is 1630. The minimum atomic E-state index is -4.32. The first kappa shape index (κ1) is 27.6. The molecule has 0 aliphatic carbocycles. The molecule has 198 valence electrons. The molecule has 2 heterocycles. The molecule has 0 saturated heterocycles. The van der Waals surface area contributed by atoms with Crippen LogP contribution in [0.1, 0.15) is 51.9 Å². The molecule has 0 aliphatic rings. The molecule has 11 heteroatoms. The van der Waals surface area contributed by atoms with E-state index < -0.39 is 21.7 Å². The number of hydrogen-bond acceptors (Lipinski definition) is 5. The second-order valence-corrected chi connectivity index (χ2v) is 11.7. The average Bonchev–Trinajstić information content (AvgIpc) is 3.27. The van der Waals surface area contributed by atoms with Crippen LogP contribution < -0.4 is 5.73 Å². The van der Waals surface area contributed by atoms with Crippen LogP contribution in [0, 0.1) is 0 Å². The zero-order chi connectivity index (χ0) is 27.6. The summed E-state index contributed by atoms with van der Waals surface area (Å²) in [4.78, 5) is 34.0. The van der Waals surface area contributed by atoms with E-state index in [2.05, 4.69) is 9.97 Å². The Morgan fingerprint density at radius 3 is 2.42 bits per heavy atom. The highest BCUT2D eigenvalue weighted by Gasteiger charge is 2.34. The van der Waals surface area contributed by atoms with Gasteiger partial charge in [0.1, 0.15) is 16.3 Å². The summed E-state index contributed by atoms with van der Waals surface area (Å²) in [5.41, 5.74) is 7.14. The molecule has 8 nitrogen and oxygen atoms in total. The predicted molar refractivity (Wildman–Crippen MR) is 147 cm³/mol. The van der Waals surface area contributed by atoms with Crippen LogP contribution in [-0.2, 0) is 22.8 Å². The molecular formula is C27H26Cl2N4O4S. The van der Waals surface area contributed by atoms with Crippen LogP contribution in [0.15, 0.2) is 64.5 Å². The average molecular weight is 574 g/mol. The van der Waals surface area contributed by atoms with Gasteiger partial charge in [-0.3, -0.25) is 14.6 Å². The topological polar surface area (TPSA) is 126 Å². The van der Waals surface area contributed by atoms with Gasteiger partial charge in [-0.25, -0.2) is 8.42 Å². The lowest BCUT2D eigenvalue weighted by Gasteiger charge is -2.18. The first-order valence-corrected chi connectivity index (χ1v) is 14.1. The molecule has 0 aliphatic heterocycles. The number of sulfone groups is 1. The smallest absolute Gasteiger partial charge is 0.270 e. The van der Waals surface area contributed by atoms with Gasteiger partial charge in [-0.2, -0.15) is 0 Å². The zero-order valence-electron chi connectivity index (χ0n) is 20.8. The number of amides is 2. The van der Waals surface area contributed by atoms with E-state index in [4.69, 9.17) is 28.9 Å². The summed E-state index contributed by atoms with van der Waals surface area (Å²) in [6, 6.07) is 13.3. The van der Waals surface area contributed by atoms with Crippen molar-refractivity contribution in [2.24, 2.45) is 5.73 Å². The van der Waals surface area contributed by atoms with E-state index in [0.29, 0.717) is 6.42 Å². The van der Waals surface area contributed by atoms with Crippen molar-refractivity contribution in [2.75, 3.05) is 7.05 Å². The van der Waals surface area contributed by atoms with Crippen LogP contribution in [0.2, 0.25) is 10.0 Å². The van der Waals surface area contributed by atoms with Gasteiger partial charge >= 0.3 is 0 Å². The van der Waals surface area contributed by atoms with E-state index in [1.807, 2.05) is 37.3 Å². The molecule has 2 aromatic heterocycles. The summed E-state index contributed by atoms with van der Waals surface area (Å²) in [5, 5.41) is 1.16. The summed E-state index contributed by atoms with van der Waals surface area (Å²) in [7, 11) is -2.71. The first-order valence-electron chi connectivity index (χ1n) is 11.9. The molecule has 0 radical (unpaired) electrons. The fraction of sp³-hybridized carbons (Fsp3) is 0.222. The molecule has 0 atom stereocenters. The number of primary amides is 1. The monoisotopic (exact) mass is 572 g/mol. The van der Waals surface area contributed by atoms with Crippen molar-refractivity contribution in [3.63, 3.8) is 0 Å². The van der Waals surface area contributed by atoms with E-state index >= 15 is 0 Å². The molecule has 0 saturated carbocycles. The molecule has 0 unspecified atom stereocenters. The fourth-order valence-electron chi connectivity index (χ4n) is 4.33. The predicted octanol–water partition coefficient (Wildman–Crippen LogP) is 5.42. The van der Waals surface area contributed by atoms with E-state index in [-0.39, 0.29) is 49.8 Å². The highest BCUT2D eigenvalue weighted by Crippen LogP contribution is 2.34.